The molecule has 3 aromatic carbocycles. The van der Waals surface area contributed by atoms with Crippen molar-refractivity contribution in [3.63, 3.8) is 0 Å². The lowest BCUT2D eigenvalue weighted by atomic mass is 9.93. The summed E-state index contributed by atoms with van der Waals surface area (Å²) >= 11 is 9.06. The van der Waals surface area contributed by atoms with Crippen molar-refractivity contribution >= 4 is 41.0 Å². The summed E-state index contributed by atoms with van der Waals surface area (Å²) in [4.78, 5) is 24.3. The molecule has 32 heavy (non-hydrogen) atoms. The molecule has 0 radical (unpaired) electrons. The van der Waals surface area contributed by atoms with Crippen LogP contribution in [0, 0.1) is 18.7 Å². The van der Waals surface area contributed by atoms with Gasteiger partial charge in [-0.3, -0.25) is 4.79 Å². The molecule has 0 saturated carbocycles. The van der Waals surface area contributed by atoms with Crippen LogP contribution in [0.5, 0.6) is 0 Å². The normalized spacial score (nSPS) is 11.2. The van der Waals surface area contributed by atoms with Gasteiger partial charge in [-0.1, -0.05) is 48.5 Å². The highest BCUT2D eigenvalue weighted by Gasteiger charge is 2.17. The van der Waals surface area contributed by atoms with Crippen LogP contribution in [0.2, 0.25) is 0 Å². The van der Waals surface area contributed by atoms with Crippen molar-refractivity contribution in [1.29, 1.82) is 0 Å². The van der Waals surface area contributed by atoms with Crippen LogP contribution in [0.3, 0.4) is 0 Å². The third-order valence-electron chi connectivity index (χ3n) is 5.50. The van der Waals surface area contributed by atoms with Crippen LogP contribution in [-0.2, 0) is 0 Å². The molecule has 2 heterocycles. The summed E-state index contributed by atoms with van der Waals surface area (Å²) in [7, 11) is 0. The largest absolute Gasteiger partial charge is 0.348 e. The van der Waals surface area contributed by atoms with E-state index in [9.17, 15) is 4.79 Å². The topological polar surface area (TPSA) is 87.6 Å². The minimum Gasteiger partial charge on any atom is -0.348 e. The quantitative estimate of drug-likeness (QED) is 0.217. The number of carbonyl (C=O) groups excluding carboxylic acids is 1. The van der Waals surface area contributed by atoms with E-state index < -0.39 is 0 Å². The number of hydrogen-bond donors (Lipinski definition) is 3. The number of hydrogen-bond acceptors (Lipinski definition) is 5. The Bertz CT molecular complexity index is 1540. The fraction of sp³-hybridized carbons (Fsp3) is 0.0833. The number of carbonyl (C=O) groups is 1. The summed E-state index contributed by atoms with van der Waals surface area (Å²) in [6, 6.07) is 18.0. The molecule has 0 unspecified atom stereocenters. The van der Waals surface area contributed by atoms with Crippen LogP contribution in [-0.4, -0.2) is 25.2 Å². The van der Waals surface area contributed by atoms with Crippen LogP contribution in [0.4, 0.5) is 0 Å². The molecular weight excluding hydrogens is 440 g/mol. The average Bonchev–Trinajstić information content (AvgIpc) is 3.40. The number of H-pyrrole nitrogens is 2. The van der Waals surface area contributed by atoms with Crippen LogP contribution in [0.25, 0.3) is 44.7 Å². The van der Waals surface area contributed by atoms with E-state index in [0.717, 1.165) is 50.2 Å². The first-order valence-corrected chi connectivity index (χ1v) is 10.8. The van der Waals surface area contributed by atoms with Gasteiger partial charge in [0.25, 0.3) is 0 Å². The molecule has 0 bridgehead atoms. The number of thiol groups is 1. The SMILES string of the molecule is Cc1nc2c(C)c(-c3ccc(-c4ccccc4-c4nc(=S)o[nH]4)cc3)cc(C(=O)S)c2[nH]1. The number of nitrogens with zero attached hydrogens (tertiary/aromatic N) is 2. The molecule has 0 aliphatic rings. The summed E-state index contributed by atoms with van der Waals surface area (Å²) in [6.45, 7) is 3.89. The first-order valence-electron chi connectivity index (χ1n) is 9.91. The smallest absolute Gasteiger partial charge is 0.314 e. The van der Waals surface area contributed by atoms with Crippen molar-refractivity contribution in [2.45, 2.75) is 13.8 Å². The average molecular weight is 459 g/mol. The van der Waals surface area contributed by atoms with Crippen molar-refractivity contribution in [3.05, 3.63) is 76.4 Å². The van der Waals surface area contributed by atoms with Gasteiger partial charge in [-0.25, -0.2) is 10.1 Å². The standard InChI is InChI=1S/C24H18N4O2S2/c1-12-18(11-19(23(29)31)21-20(12)25-13(2)26-21)15-9-7-14(8-10-15)16-5-3-4-6-17(16)22-27-24(32)30-28-22/h3-11H,1-2H3,(H,25,26)(H,29,31)(H,27,28,32). The summed E-state index contributed by atoms with van der Waals surface area (Å²) in [5, 5.41) is 2.48. The summed E-state index contributed by atoms with van der Waals surface area (Å²) in [5.41, 5.74) is 7.88. The van der Waals surface area contributed by atoms with Gasteiger partial charge in [0.2, 0.25) is 5.12 Å². The van der Waals surface area contributed by atoms with Crippen LogP contribution in [0.15, 0.2) is 59.1 Å². The Labute approximate surface area is 194 Å². The lowest BCUT2D eigenvalue weighted by molar-refractivity contribution is 0.109. The maximum atomic E-state index is 12.2. The van der Waals surface area contributed by atoms with Crippen molar-refractivity contribution in [2.24, 2.45) is 0 Å². The first-order chi connectivity index (χ1) is 15.4. The van der Waals surface area contributed by atoms with Crippen molar-refractivity contribution < 1.29 is 9.32 Å². The van der Waals surface area contributed by atoms with E-state index in [1.165, 1.54) is 0 Å². The Kier molecular flexibility index (Phi) is 5.03. The zero-order valence-electron chi connectivity index (χ0n) is 17.3. The van der Waals surface area contributed by atoms with E-state index in [0.29, 0.717) is 11.4 Å². The Morgan fingerprint density at radius 2 is 1.62 bits per heavy atom. The number of aromatic nitrogens is 4. The number of imidazole rings is 1. The molecule has 0 aliphatic carbocycles. The predicted molar refractivity (Wildman–Crippen MR) is 130 cm³/mol. The van der Waals surface area contributed by atoms with Gasteiger partial charge in [0.1, 0.15) is 5.82 Å². The van der Waals surface area contributed by atoms with Gasteiger partial charge in [-0.05, 0) is 59.9 Å². The zero-order chi connectivity index (χ0) is 22.4. The molecule has 0 atom stereocenters. The Morgan fingerprint density at radius 3 is 2.25 bits per heavy atom. The zero-order valence-corrected chi connectivity index (χ0v) is 19.0. The number of nitrogens with one attached hydrogen (secondary N) is 2. The molecule has 0 spiro atoms. The van der Waals surface area contributed by atoms with E-state index in [4.69, 9.17) is 16.7 Å². The van der Waals surface area contributed by atoms with Gasteiger partial charge in [0, 0.05) is 5.56 Å². The molecule has 8 heteroatoms. The minimum atomic E-state index is -0.296. The maximum Gasteiger partial charge on any atom is 0.314 e. The minimum absolute atomic E-state index is 0.166. The lowest BCUT2D eigenvalue weighted by Crippen LogP contribution is -1.96. The fourth-order valence-corrected chi connectivity index (χ4v) is 4.30. The van der Waals surface area contributed by atoms with Crippen molar-refractivity contribution in [1.82, 2.24) is 20.1 Å². The van der Waals surface area contributed by atoms with Gasteiger partial charge in [-0.2, -0.15) is 4.98 Å². The Morgan fingerprint density at radius 1 is 0.969 bits per heavy atom. The molecule has 0 fully saturated rings. The predicted octanol–water partition coefficient (Wildman–Crippen LogP) is 6.30. The van der Waals surface area contributed by atoms with Gasteiger partial charge >= 0.3 is 4.84 Å². The summed E-state index contributed by atoms with van der Waals surface area (Å²) in [5.74, 6) is 1.34. The highest BCUT2D eigenvalue weighted by molar-refractivity contribution is 7.97. The summed E-state index contributed by atoms with van der Waals surface area (Å²) in [6.07, 6.45) is 0. The molecular formula is C24H18N4O2S2. The van der Waals surface area contributed by atoms with E-state index in [2.05, 4.69) is 32.7 Å². The highest BCUT2D eigenvalue weighted by atomic mass is 32.1. The van der Waals surface area contributed by atoms with Crippen molar-refractivity contribution in [3.8, 4) is 33.6 Å². The summed E-state index contributed by atoms with van der Waals surface area (Å²) < 4.78 is 5.10. The Hall–Kier alpha value is -3.49. The third kappa shape index (κ3) is 3.47. The monoisotopic (exact) mass is 458 g/mol. The number of aromatic amines is 2. The molecule has 2 N–H and O–H groups in total. The molecule has 6 nitrogen and oxygen atoms in total. The van der Waals surface area contributed by atoms with Gasteiger partial charge in [0.15, 0.2) is 5.82 Å². The molecule has 0 aliphatic heterocycles. The Balaban J connectivity index is 1.62. The van der Waals surface area contributed by atoms with Gasteiger partial charge in [-0.15, -0.1) is 12.6 Å². The second kappa shape index (κ2) is 7.89. The van der Waals surface area contributed by atoms with E-state index >= 15 is 0 Å². The molecule has 158 valence electrons. The fourth-order valence-electron chi connectivity index (χ4n) is 3.99. The van der Waals surface area contributed by atoms with Crippen molar-refractivity contribution in [2.75, 3.05) is 0 Å². The highest BCUT2D eigenvalue weighted by Crippen LogP contribution is 2.35. The molecule has 0 amide bonds. The van der Waals surface area contributed by atoms with Crippen LogP contribution in [0.1, 0.15) is 21.7 Å². The van der Waals surface area contributed by atoms with Gasteiger partial charge < -0.3 is 9.51 Å². The first kappa shape index (κ1) is 20.4. The number of aryl methyl sites for hydroxylation is 2. The van der Waals surface area contributed by atoms with Gasteiger partial charge in [0.05, 0.1) is 16.6 Å². The third-order valence-corrected chi connectivity index (χ3v) is 5.91. The lowest BCUT2D eigenvalue weighted by Gasteiger charge is -2.12. The molecule has 5 aromatic rings. The maximum absolute atomic E-state index is 12.2. The second-order valence-corrected chi connectivity index (χ2v) is 8.26. The van der Waals surface area contributed by atoms with E-state index in [1.807, 2.05) is 68.4 Å². The molecule has 2 aromatic heterocycles. The number of fused-ring (bicyclic) bond motifs is 1. The number of benzene rings is 3. The molecule has 0 saturated heterocycles. The van der Waals surface area contributed by atoms with E-state index in [-0.39, 0.29) is 9.95 Å². The van der Waals surface area contributed by atoms with E-state index in [1.54, 1.807) is 0 Å². The second-order valence-electron chi connectivity index (χ2n) is 7.50. The molecule has 5 rings (SSSR count). The van der Waals surface area contributed by atoms with Crippen LogP contribution >= 0.6 is 24.8 Å². The van der Waals surface area contributed by atoms with Crippen LogP contribution < -0.4 is 0 Å². The number of rotatable bonds is 4.